The van der Waals surface area contributed by atoms with E-state index in [1.807, 2.05) is 45.9 Å². The molecule has 3 rings (SSSR count). The first-order chi connectivity index (χ1) is 16.9. The van der Waals surface area contributed by atoms with Crippen molar-refractivity contribution >= 4 is 28.5 Å². The molecule has 0 aliphatic rings. The van der Waals surface area contributed by atoms with Crippen LogP contribution in [0.5, 0.6) is 17.2 Å². The van der Waals surface area contributed by atoms with Crippen LogP contribution in [0.1, 0.15) is 35.5 Å². The number of rotatable bonds is 11. The number of hydrogen-bond acceptors (Lipinski definition) is 8. The van der Waals surface area contributed by atoms with Crippen molar-refractivity contribution in [1.82, 2.24) is 10.2 Å². The lowest BCUT2D eigenvalue weighted by atomic mass is 10.1. The van der Waals surface area contributed by atoms with E-state index in [1.165, 1.54) is 23.0 Å². The molecule has 0 spiro atoms. The number of aromatic nitrogens is 2. The predicted molar refractivity (Wildman–Crippen MR) is 136 cm³/mol. The van der Waals surface area contributed by atoms with Gasteiger partial charge in [-0.2, -0.15) is 5.26 Å². The number of nitrogens with zero attached hydrogens (tertiary/aromatic N) is 3. The van der Waals surface area contributed by atoms with Gasteiger partial charge in [-0.15, -0.1) is 10.2 Å². The summed E-state index contributed by atoms with van der Waals surface area (Å²) in [6.07, 6.45) is 2.22. The predicted octanol–water partition coefficient (Wildman–Crippen LogP) is 5.12. The molecule has 0 fully saturated rings. The first-order valence-corrected chi connectivity index (χ1v) is 12.1. The monoisotopic (exact) mass is 492 g/mol. The number of hydrogen-bond donors (Lipinski definition) is 1. The molecule has 0 aliphatic heterocycles. The van der Waals surface area contributed by atoms with Crippen LogP contribution in [-0.4, -0.2) is 35.9 Å². The van der Waals surface area contributed by atoms with Crippen LogP contribution < -0.4 is 19.5 Å². The highest BCUT2D eigenvalue weighted by Gasteiger charge is 2.14. The summed E-state index contributed by atoms with van der Waals surface area (Å²) in [4.78, 5) is 12.5. The van der Waals surface area contributed by atoms with Gasteiger partial charge in [0.2, 0.25) is 5.13 Å². The zero-order valence-electron chi connectivity index (χ0n) is 20.3. The van der Waals surface area contributed by atoms with Crippen molar-refractivity contribution < 1.29 is 19.0 Å². The molecule has 1 N–H and O–H groups in total. The summed E-state index contributed by atoms with van der Waals surface area (Å²) in [6.45, 7) is 9.02. The Labute approximate surface area is 209 Å². The molecule has 0 atom stereocenters. The summed E-state index contributed by atoms with van der Waals surface area (Å²) < 4.78 is 17.4. The molecule has 35 heavy (non-hydrogen) atoms. The van der Waals surface area contributed by atoms with Gasteiger partial charge in [-0.25, -0.2) is 0 Å². The Morgan fingerprint density at radius 1 is 1.03 bits per heavy atom. The number of nitrogens with one attached hydrogen (secondary N) is 1. The fraction of sp³-hybridized carbons (Fsp3) is 0.308. The molecule has 0 radical (unpaired) electrons. The van der Waals surface area contributed by atoms with Gasteiger partial charge in [0.1, 0.15) is 35.6 Å². The van der Waals surface area contributed by atoms with Gasteiger partial charge in [-0.1, -0.05) is 42.0 Å². The van der Waals surface area contributed by atoms with E-state index in [1.54, 1.807) is 18.2 Å². The first kappa shape index (κ1) is 25.7. The summed E-state index contributed by atoms with van der Waals surface area (Å²) >= 11 is 1.28. The van der Waals surface area contributed by atoms with Crippen LogP contribution >= 0.6 is 11.3 Å². The SMILES string of the molecule is CCOc1cc(/C=C(/C#N)C(=O)Nc2nnc(CC)s2)ccc1OCCOc1ccc(C)cc1C. The number of nitriles is 1. The van der Waals surface area contributed by atoms with Crippen LogP contribution in [0.4, 0.5) is 5.13 Å². The molecule has 9 heteroatoms. The number of amides is 1. The van der Waals surface area contributed by atoms with Gasteiger partial charge in [-0.3, -0.25) is 10.1 Å². The number of benzene rings is 2. The van der Waals surface area contributed by atoms with Crippen molar-refractivity contribution in [2.24, 2.45) is 0 Å². The smallest absolute Gasteiger partial charge is 0.268 e. The Kier molecular flexibility index (Phi) is 9.21. The minimum absolute atomic E-state index is 0.0590. The van der Waals surface area contributed by atoms with Crippen molar-refractivity contribution in [3.8, 4) is 23.3 Å². The molecule has 2 aromatic carbocycles. The molecule has 182 valence electrons. The quantitative estimate of drug-likeness (QED) is 0.225. The zero-order chi connectivity index (χ0) is 25.2. The van der Waals surface area contributed by atoms with Crippen LogP contribution in [0.15, 0.2) is 42.0 Å². The van der Waals surface area contributed by atoms with Crippen molar-refractivity contribution in [3.05, 3.63) is 63.7 Å². The Morgan fingerprint density at radius 2 is 1.77 bits per heavy atom. The molecule has 8 nitrogen and oxygen atoms in total. The van der Waals surface area contributed by atoms with Crippen molar-refractivity contribution in [2.45, 2.75) is 34.1 Å². The fourth-order valence-corrected chi connectivity index (χ4v) is 3.87. The second-order valence-corrected chi connectivity index (χ2v) is 8.65. The van der Waals surface area contributed by atoms with Gasteiger partial charge in [-0.05, 0) is 62.6 Å². The van der Waals surface area contributed by atoms with Crippen LogP contribution in [0.25, 0.3) is 6.08 Å². The van der Waals surface area contributed by atoms with Gasteiger partial charge >= 0.3 is 0 Å². The number of ether oxygens (including phenoxy) is 3. The van der Waals surface area contributed by atoms with E-state index < -0.39 is 5.91 Å². The second kappa shape index (κ2) is 12.5. The third-order valence-electron chi connectivity index (χ3n) is 4.86. The Balaban J connectivity index is 1.66. The third kappa shape index (κ3) is 7.29. The van der Waals surface area contributed by atoms with Crippen LogP contribution in [0, 0.1) is 25.2 Å². The maximum Gasteiger partial charge on any atom is 0.268 e. The number of carbonyl (C=O) groups is 1. The summed E-state index contributed by atoms with van der Waals surface area (Å²) in [5, 5.41) is 21.2. The number of anilines is 1. The van der Waals surface area contributed by atoms with Crippen molar-refractivity contribution in [2.75, 3.05) is 25.1 Å². The third-order valence-corrected chi connectivity index (χ3v) is 5.85. The lowest BCUT2D eigenvalue weighted by Crippen LogP contribution is -2.13. The molecule has 1 aromatic heterocycles. The Hall–Kier alpha value is -3.90. The molecule has 3 aromatic rings. The van der Waals surface area contributed by atoms with Crippen LogP contribution in [0.3, 0.4) is 0 Å². The molecule has 1 heterocycles. The summed E-state index contributed by atoms with van der Waals surface area (Å²) in [5.41, 5.74) is 2.83. The lowest BCUT2D eigenvalue weighted by Gasteiger charge is -2.14. The first-order valence-electron chi connectivity index (χ1n) is 11.3. The molecule has 0 bridgehead atoms. The molecule has 0 unspecified atom stereocenters. The summed E-state index contributed by atoms with van der Waals surface area (Å²) in [6, 6.07) is 13.2. The second-order valence-electron chi connectivity index (χ2n) is 7.58. The number of carbonyl (C=O) groups excluding carboxylic acids is 1. The van der Waals surface area contributed by atoms with E-state index in [2.05, 4.69) is 21.6 Å². The standard InChI is InChI=1S/C26H28N4O4S/c1-5-24-29-30-26(35-24)28-25(31)20(16-27)14-19-8-10-22(23(15-19)32-6-2)34-12-11-33-21-9-7-17(3)13-18(21)4/h7-10,13-15H,5-6,11-12H2,1-4H3,(H,28,30,31)/b20-14-. The van der Waals surface area contributed by atoms with Crippen LogP contribution in [0.2, 0.25) is 0 Å². The topological polar surface area (TPSA) is 106 Å². The van der Waals surface area contributed by atoms with E-state index >= 15 is 0 Å². The molecule has 1 amide bonds. The zero-order valence-corrected chi connectivity index (χ0v) is 21.1. The van der Waals surface area contributed by atoms with Crippen LogP contribution in [-0.2, 0) is 11.2 Å². The van der Waals surface area contributed by atoms with Gasteiger partial charge < -0.3 is 14.2 Å². The largest absolute Gasteiger partial charge is 0.490 e. The molecule has 0 saturated heterocycles. The minimum Gasteiger partial charge on any atom is -0.490 e. The molecular formula is C26H28N4O4S. The molecular weight excluding hydrogens is 464 g/mol. The van der Waals surface area contributed by atoms with E-state index in [4.69, 9.17) is 14.2 Å². The highest BCUT2D eigenvalue weighted by Crippen LogP contribution is 2.30. The van der Waals surface area contributed by atoms with Gasteiger partial charge in [0, 0.05) is 0 Å². The maximum atomic E-state index is 12.5. The normalized spacial score (nSPS) is 11.0. The number of aryl methyl sites for hydroxylation is 3. The fourth-order valence-electron chi connectivity index (χ4n) is 3.19. The minimum atomic E-state index is -0.548. The molecule has 0 saturated carbocycles. The Bertz CT molecular complexity index is 1250. The van der Waals surface area contributed by atoms with Gasteiger partial charge in [0.05, 0.1) is 6.61 Å². The Morgan fingerprint density at radius 3 is 2.43 bits per heavy atom. The summed E-state index contributed by atoms with van der Waals surface area (Å²) in [7, 11) is 0. The van der Waals surface area contributed by atoms with E-state index in [0.717, 1.165) is 22.7 Å². The lowest BCUT2D eigenvalue weighted by molar-refractivity contribution is -0.112. The van der Waals surface area contributed by atoms with Crippen molar-refractivity contribution in [1.29, 1.82) is 5.26 Å². The summed E-state index contributed by atoms with van der Waals surface area (Å²) in [5.74, 6) is 1.35. The van der Waals surface area contributed by atoms with E-state index in [9.17, 15) is 10.1 Å². The highest BCUT2D eigenvalue weighted by atomic mass is 32.1. The van der Waals surface area contributed by atoms with E-state index in [-0.39, 0.29) is 5.57 Å². The van der Waals surface area contributed by atoms with Crippen molar-refractivity contribution in [3.63, 3.8) is 0 Å². The van der Waals surface area contributed by atoms with Gasteiger partial charge in [0.15, 0.2) is 11.5 Å². The van der Waals surface area contributed by atoms with E-state index in [0.29, 0.717) is 42.0 Å². The average molecular weight is 493 g/mol. The maximum absolute atomic E-state index is 12.5. The average Bonchev–Trinajstić information content (AvgIpc) is 3.30. The highest BCUT2D eigenvalue weighted by molar-refractivity contribution is 7.15. The van der Waals surface area contributed by atoms with Gasteiger partial charge in [0.25, 0.3) is 5.91 Å². The molecule has 0 aliphatic carbocycles.